The highest BCUT2D eigenvalue weighted by Gasteiger charge is 2.26. The van der Waals surface area contributed by atoms with Crippen LogP contribution in [0.25, 0.3) is 5.69 Å². The van der Waals surface area contributed by atoms with Crippen LogP contribution in [0.3, 0.4) is 0 Å². The second-order valence-electron chi connectivity index (χ2n) is 7.10. The van der Waals surface area contributed by atoms with Crippen LogP contribution in [0.4, 0.5) is 5.00 Å². The van der Waals surface area contributed by atoms with Crippen molar-refractivity contribution in [3.05, 3.63) is 67.9 Å². The minimum Gasteiger partial charge on any atom is -0.465 e. The molecular formula is C23H25N3O5S. The highest BCUT2D eigenvalue weighted by molar-refractivity contribution is 7.18. The van der Waals surface area contributed by atoms with Gasteiger partial charge in [0.1, 0.15) is 15.4 Å². The van der Waals surface area contributed by atoms with Crippen LogP contribution in [0.15, 0.2) is 40.1 Å². The lowest BCUT2D eigenvalue weighted by Crippen LogP contribution is -2.17. The highest BCUT2D eigenvalue weighted by atomic mass is 32.1. The van der Waals surface area contributed by atoms with Crippen molar-refractivity contribution < 1.29 is 19.1 Å². The van der Waals surface area contributed by atoms with E-state index in [0.717, 1.165) is 24.2 Å². The van der Waals surface area contributed by atoms with Crippen LogP contribution < -0.4 is 5.56 Å². The van der Waals surface area contributed by atoms with Gasteiger partial charge in [-0.1, -0.05) is 31.5 Å². The Bertz CT molecular complexity index is 1200. The Hall–Kier alpha value is -3.46. The van der Waals surface area contributed by atoms with Crippen LogP contribution in [0.2, 0.25) is 0 Å². The summed E-state index contributed by atoms with van der Waals surface area (Å²) >= 11 is 1.03. The molecule has 1 aromatic carbocycles. The van der Waals surface area contributed by atoms with Crippen LogP contribution in [0.5, 0.6) is 0 Å². The molecule has 0 atom stereocenters. The number of nitrogens with zero attached hydrogens (tertiary/aromatic N) is 2. The van der Waals surface area contributed by atoms with Crippen molar-refractivity contribution in [1.82, 2.24) is 9.78 Å². The molecule has 2 heterocycles. The Balaban J connectivity index is 2.01. The van der Waals surface area contributed by atoms with Crippen LogP contribution in [0, 0.1) is 13.8 Å². The van der Waals surface area contributed by atoms with Crippen molar-refractivity contribution >= 4 is 34.5 Å². The molecule has 1 N–H and O–H groups in total. The smallest absolute Gasteiger partial charge is 0.348 e. The van der Waals surface area contributed by atoms with Crippen molar-refractivity contribution in [2.75, 3.05) is 13.7 Å². The van der Waals surface area contributed by atoms with Crippen LogP contribution in [-0.4, -0.2) is 41.7 Å². The van der Waals surface area contributed by atoms with E-state index < -0.39 is 11.9 Å². The Morgan fingerprint density at radius 2 is 1.91 bits per heavy atom. The fraction of sp³-hybridized carbons (Fsp3) is 0.304. The third-order valence-corrected chi connectivity index (χ3v) is 6.06. The summed E-state index contributed by atoms with van der Waals surface area (Å²) in [6.45, 7) is 5.69. The first-order valence-electron chi connectivity index (χ1n) is 10.2. The number of methoxy groups -OCH3 is 1. The average Bonchev–Trinajstić information content (AvgIpc) is 3.28. The summed E-state index contributed by atoms with van der Waals surface area (Å²) in [5.41, 5.74) is 2.05. The van der Waals surface area contributed by atoms with E-state index in [-0.39, 0.29) is 27.6 Å². The van der Waals surface area contributed by atoms with E-state index in [4.69, 9.17) is 9.47 Å². The molecule has 0 fully saturated rings. The molecule has 32 heavy (non-hydrogen) atoms. The fourth-order valence-corrected chi connectivity index (χ4v) is 4.15. The largest absolute Gasteiger partial charge is 0.465 e. The molecule has 3 aromatic rings. The monoisotopic (exact) mass is 455 g/mol. The topological polar surface area (TPSA) is 103 Å². The summed E-state index contributed by atoms with van der Waals surface area (Å²) in [4.78, 5) is 42.4. The lowest BCUT2D eigenvalue weighted by atomic mass is 10.1. The normalized spacial score (nSPS) is 11.1. The van der Waals surface area contributed by atoms with Gasteiger partial charge in [-0.3, -0.25) is 9.89 Å². The zero-order valence-electron chi connectivity index (χ0n) is 18.4. The molecule has 0 saturated heterocycles. The van der Waals surface area contributed by atoms with Crippen LogP contribution in [-0.2, 0) is 9.47 Å². The number of esters is 2. The quantitative estimate of drug-likeness (QED) is 0.309. The second-order valence-corrected chi connectivity index (χ2v) is 8.10. The lowest BCUT2D eigenvalue weighted by molar-refractivity contribution is 0.0500. The first kappa shape index (κ1) is 23.2. The molecule has 0 bridgehead atoms. The molecule has 8 nitrogen and oxygen atoms in total. The van der Waals surface area contributed by atoms with Crippen LogP contribution in [0.1, 0.15) is 56.6 Å². The van der Waals surface area contributed by atoms with Gasteiger partial charge in [0.05, 0.1) is 25.0 Å². The van der Waals surface area contributed by atoms with E-state index in [9.17, 15) is 14.4 Å². The third kappa shape index (κ3) is 4.72. The highest BCUT2D eigenvalue weighted by Crippen LogP contribution is 2.36. The number of thiophene rings is 1. The lowest BCUT2D eigenvalue weighted by Gasteiger charge is -2.04. The zero-order valence-corrected chi connectivity index (χ0v) is 19.2. The van der Waals surface area contributed by atoms with Gasteiger partial charge in [0.25, 0.3) is 5.56 Å². The molecule has 2 aromatic heterocycles. The number of ether oxygens (including phenoxy) is 2. The summed E-state index contributed by atoms with van der Waals surface area (Å²) in [5, 5.41) is 3.32. The molecule has 0 amide bonds. The number of aliphatic imine (C=N–C) groups is 1. The number of unbranched alkanes of at least 4 members (excludes halogenated alkanes) is 1. The summed E-state index contributed by atoms with van der Waals surface area (Å²) < 4.78 is 11.6. The first-order chi connectivity index (χ1) is 15.4. The molecular weight excluding hydrogens is 430 g/mol. The second kappa shape index (κ2) is 10.2. The summed E-state index contributed by atoms with van der Waals surface area (Å²) in [6.07, 6.45) is 3.02. The number of hydrogen-bond donors (Lipinski definition) is 1. The van der Waals surface area contributed by atoms with Gasteiger partial charge >= 0.3 is 11.9 Å². The molecule has 9 heteroatoms. The van der Waals surface area contributed by atoms with Crippen molar-refractivity contribution in [1.29, 1.82) is 0 Å². The number of carbonyl (C=O) groups is 2. The minimum absolute atomic E-state index is 0.208. The summed E-state index contributed by atoms with van der Waals surface area (Å²) in [7, 11) is 1.28. The van der Waals surface area contributed by atoms with Gasteiger partial charge in [-0.25, -0.2) is 19.3 Å². The van der Waals surface area contributed by atoms with Gasteiger partial charge < -0.3 is 9.47 Å². The molecule has 0 aliphatic carbocycles. The standard InChI is InChI=1S/C23H25N3O5S/c1-5-6-12-31-22(28)18-14(2)19(23(29)30-4)32-20(18)24-13-17-15(3)25-26(21(17)27)16-10-8-7-9-11-16/h7-11,13,25H,5-6,12H2,1-4H3. The minimum atomic E-state index is -0.555. The predicted octanol–water partition coefficient (Wildman–Crippen LogP) is 4.34. The van der Waals surface area contributed by atoms with E-state index in [1.165, 1.54) is 18.0 Å². The number of aromatic amines is 1. The Labute approximate surface area is 189 Å². The number of rotatable bonds is 8. The van der Waals surface area contributed by atoms with E-state index in [1.54, 1.807) is 13.8 Å². The maximum Gasteiger partial charge on any atom is 0.348 e. The molecule has 3 rings (SSSR count). The van der Waals surface area contributed by atoms with Gasteiger partial charge in [-0.2, -0.15) is 0 Å². The number of para-hydroxylation sites is 1. The summed E-state index contributed by atoms with van der Waals surface area (Å²) in [6, 6.07) is 9.17. The molecule has 168 valence electrons. The molecule has 0 saturated carbocycles. The van der Waals surface area contributed by atoms with E-state index in [0.29, 0.717) is 22.5 Å². The Kier molecular flexibility index (Phi) is 7.42. The van der Waals surface area contributed by atoms with Gasteiger partial charge in [0.15, 0.2) is 0 Å². The van der Waals surface area contributed by atoms with Crippen molar-refractivity contribution in [3.8, 4) is 5.69 Å². The predicted molar refractivity (Wildman–Crippen MR) is 124 cm³/mol. The average molecular weight is 456 g/mol. The Morgan fingerprint density at radius 1 is 1.19 bits per heavy atom. The van der Waals surface area contributed by atoms with E-state index >= 15 is 0 Å². The molecule has 0 aliphatic heterocycles. The van der Waals surface area contributed by atoms with E-state index in [1.807, 2.05) is 37.3 Å². The number of nitrogens with one attached hydrogen (secondary N) is 1. The third-order valence-electron chi connectivity index (χ3n) is 4.88. The first-order valence-corrected chi connectivity index (χ1v) is 11.0. The van der Waals surface area contributed by atoms with Crippen molar-refractivity contribution in [2.45, 2.75) is 33.6 Å². The Morgan fingerprint density at radius 3 is 2.56 bits per heavy atom. The van der Waals surface area contributed by atoms with Gasteiger partial charge in [0, 0.05) is 11.9 Å². The molecule has 0 spiro atoms. The maximum absolute atomic E-state index is 12.9. The number of carbonyl (C=O) groups excluding carboxylic acids is 2. The van der Waals surface area contributed by atoms with E-state index in [2.05, 4.69) is 10.1 Å². The zero-order chi connectivity index (χ0) is 23.3. The molecule has 0 aliphatic rings. The summed E-state index contributed by atoms with van der Waals surface area (Å²) in [5.74, 6) is -1.11. The number of benzene rings is 1. The van der Waals surface area contributed by atoms with Gasteiger partial charge in [-0.05, 0) is 38.0 Å². The molecule has 0 radical (unpaired) electrons. The number of hydrogen-bond acceptors (Lipinski definition) is 7. The van der Waals surface area contributed by atoms with Crippen LogP contribution >= 0.6 is 11.3 Å². The number of aryl methyl sites for hydroxylation is 1. The van der Waals surface area contributed by atoms with Crippen molar-refractivity contribution in [3.63, 3.8) is 0 Å². The van der Waals surface area contributed by atoms with Gasteiger partial charge in [-0.15, -0.1) is 11.3 Å². The van der Waals surface area contributed by atoms with Gasteiger partial charge in [0.2, 0.25) is 0 Å². The number of aromatic nitrogens is 2. The fourth-order valence-electron chi connectivity index (χ4n) is 3.09. The SMILES string of the molecule is CCCCOC(=O)c1c(N=Cc2c(C)[nH]n(-c3ccccc3)c2=O)sc(C(=O)OC)c1C. The number of H-pyrrole nitrogens is 1. The molecule has 0 unspecified atom stereocenters. The maximum atomic E-state index is 12.9. The van der Waals surface area contributed by atoms with Crippen molar-refractivity contribution in [2.24, 2.45) is 4.99 Å².